The summed E-state index contributed by atoms with van der Waals surface area (Å²) in [5, 5.41) is 0.670. The van der Waals surface area contributed by atoms with Crippen LogP contribution in [-0.4, -0.2) is 28.0 Å². The minimum absolute atomic E-state index is 0.328. The Morgan fingerprint density at radius 3 is 2.93 bits per heavy atom. The molecule has 1 aromatic heterocycles. The molecule has 30 heavy (non-hydrogen) atoms. The average Bonchev–Trinajstić information content (AvgIpc) is 2.97. The standard InChI is InChI=1S/C24H24ClN3O2/c25-22-11-18(21-7-3-5-17-4-1-2-6-20(17)21)10-19-15-28(8-9-30-23(19)22)14-16-12-26-24(29)27-13-16/h3,5,7,10-13H,1-2,4,6,8-9,14-15H2,(H,26,27,29). The number of ether oxygens (including phenoxy) is 1. The molecule has 5 rings (SSSR count). The number of fused-ring (bicyclic) bond motifs is 2. The summed E-state index contributed by atoms with van der Waals surface area (Å²) >= 11 is 6.69. The fraction of sp³-hybridized carbons (Fsp3) is 0.333. The molecule has 0 bridgehead atoms. The summed E-state index contributed by atoms with van der Waals surface area (Å²) in [5.41, 5.74) is 7.12. The van der Waals surface area contributed by atoms with Crippen LogP contribution in [0.4, 0.5) is 0 Å². The fourth-order valence-corrected chi connectivity index (χ4v) is 4.88. The molecule has 154 valence electrons. The molecule has 2 heterocycles. The summed E-state index contributed by atoms with van der Waals surface area (Å²) in [6.45, 7) is 2.77. The van der Waals surface area contributed by atoms with Gasteiger partial charge in [-0.05, 0) is 60.1 Å². The third kappa shape index (κ3) is 3.87. The maximum Gasteiger partial charge on any atom is 0.344 e. The van der Waals surface area contributed by atoms with Crippen LogP contribution in [0.3, 0.4) is 0 Å². The molecule has 1 N–H and O–H groups in total. The fourth-order valence-electron chi connectivity index (χ4n) is 4.58. The van der Waals surface area contributed by atoms with E-state index in [4.69, 9.17) is 16.3 Å². The third-order valence-electron chi connectivity index (χ3n) is 6.01. The Balaban J connectivity index is 1.48. The molecule has 0 spiro atoms. The van der Waals surface area contributed by atoms with Gasteiger partial charge in [0, 0.05) is 43.2 Å². The highest BCUT2D eigenvalue weighted by Crippen LogP contribution is 2.39. The summed E-state index contributed by atoms with van der Waals surface area (Å²) in [7, 11) is 0. The zero-order valence-corrected chi connectivity index (χ0v) is 17.5. The Morgan fingerprint density at radius 2 is 2.07 bits per heavy atom. The molecule has 0 saturated carbocycles. The van der Waals surface area contributed by atoms with Crippen LogP contribution >= 0.6 is 11.6 Å². The first-order valence-corrected chi connectivity index (χ1v) is 10.9. The number of rotatable bonds is 3. The summed E-state index contributed by atoms with van der Waals surface area (Å²) in [6, 6.07) is 10.9. The largest absolute Gasteiger partial charge is 0.490 e. The highest BCUT2D eigenvalue weighted by molar-refractivity contribution is 6.32. The van der Waals surface area contributed by atoms with Gasteiger partial charge in [-0.3, -0.25) is 4.90 Å². The lowest BCUT2D eigenvalue weighted by molar-refractivity contribution is 0.219. The number of halogens is 1. The highest BCUT2D eigenvalue weighted by Gasteiger charge is 2.21. The minimum atomic E-state index is -0.328. The van der Waals surface area contributed by atoms with Crippen LogP contribution in [0, 0.1) is 0 Å². The van der Waals surface area contributed by atoms with Crippen molar-refractivity contribution in [3.63, 3.8) is 0 Å². The molecular weight excluding hydrogens is 398 g/mol. The van der Waals surface area contributed by atoms with Crippen molar-refractivity contribution in [1.82, 2.24) is 14.9 Å². The highest BCUT2D eigenvalue weighted by atomic mass is 35.5. The van der Waals surface area contributed by atoms with Crippen molar-refractivity contribution in [2.75, 3.05) is 13.2 Å². The van der Waals surface area contributed by atoms with Crippen LogP contribution < -0.4 is 10.4 Å². The Labute approximate surface area is 180 Å². The summed E-state index contributed by atoms with van der Waals surface area (Å²) in [4.78, 5) is 20.0. The number of benzene rings is 2. The number of nitrogens with one attached hydrogen (secondary N) is 1. The number of H-pyrrole nitrogens is 1. The first-order valence-electron chi connectivity index (χ1n) is 10.5. The number of aromatic nitrogens is 2. The second-order valence-corrected chi connectivity index (χ2v) is 8.49. The maximum absolute atomic E-state index is 11.2. The van der Waals surface area contributed by atoms with Crippen molar-refractivity contribution in [2.45, 2.75) is 38.8 Å². The SMILES string of the molecule is O=c1ncc(CN2CCOc3c(Cl)cc(-c4cccc5c4CCCC5)cc3C2)c[nH]1. The van der Waals surface area contributed by atoms with Gasteiger partial charge in [-0.2, -0.15) is 0 Å². The van der Waals surface area contributed by atoms with Crippen LogP contribution in [-0.2, 0) is 25.9 Å². The molecule has 0 atom stereocenters. The first kappa shape index (κ1) is 19.3. The first-order chi connectivity index (χ1) is 14.7. The predicted octanol–water partition coefficient (Wildman–Crippen LogP) is 4.36. The molecule has 6 heteroatoms. The number of hydrogen-bond donors (Lipinski definition) is 1. The van der Waals surface area contributed by atoms with Gasteiger partial charge in [0.25, 0.3) is 0 Å². The van der Waals surface area contributed by atoms with Gasteiger partial charge < -0.3 is 9.72 Å². The van der Waals surface area contributed by atoms with Crippen LogP contribution in [0.15, 0.2) is 47.5 Å². The van der Waals surface area contributed by atoms with E-state index in [1.54, 1.807) is 12.4 Å². The lowest BCUT2D eigenvalue weighted by atomic mass is 9.85. The smallest absolute Gasteiger partial charge is 0.344 e. The van der Waals surface area contributed by atoms with E-state index in [-0.39, 0.29) is 5.69 Å². The predicted molar refractivity (Wildman–Crippen MR) is 118 cm³/mol. The molecule has 3 aromatic rings. The van der Waals surface area contributed by atoms with Crippen molar-refractivity contribution in [3.8, 4) is 16.9 Å². The quantitative estimate of drug-likeness (QED) is 0.682. The maximum atomic E-state index is 11.2. The zero-order valence-electron chi connectivity index (χ0n) is 16.8. The zero-order chi connectivity index (χ0) is 20.5. The van der Waals surface area contributed by atoms with Gasteiger partial charge in [0.1, 0.15) is 12.4 Å². The van der Waals surface area contributed by atoms with E-state index in [0.717, 1.165) is 48.4 Å². The van der Waals surface area contributed by atoms with E-state index in [2.05, 4.69) is 39.1 Å². The summed E-state index contributed by atoms with van der Waals surface area (Å²) in [6.07, 6.45) is 8.15. The molecule has 2 aliphatic rings. The van der Waals surface area contributed by atoms with Crippen molar-refractivity contribution >= 4 is 11.6 Å². The second kappa shape index (κ2) is 8.25. The topological polar surface area (TPSA) is 58.2 Å². The van der Waals surface area contributed by atoms with Gasteiger partial charge in [-0.1, -0.05) is 29.8 Å². The molecule has 0 radical (unpaired) electrons. The number of nitrogens with zero attached hydrogens (tertiary/aromatic N) is 2. The van der Waals surface area contributed by atoms with Crippen molar-refractivity contribution in [2.24, 2.45) is 0 Å². The average molecular weight is 422 g/mol. The van der Waals surface area contributed by atoms with Gasteiger partial charge in [0.15, 0.2) is 0 Å². The Kier molecular flexibility index (Phi) is 5.32. The van der Waals surface area contributed by atoms with Crippen LogP contribution in [0.2, 0.25) is 5.02 Å². The van der Waals surface area contributed by atoms with Gasteiger partial charge in [0.05, 0.1) is 5.02 Å². The van der Waals surface area contributed by atoms with Crippen LogP contribution in [0.5, 0.6) is 5.75 Å². The van der Waals surface area contributed by atoms with Crippen LogP contribution in [0.25, 0.3) is 11.1 Å². The summed E-state index contributed by atoms with van der Waals surface area (Å²) < 4.78 is 6.02. The lowest BCUT2D eigenvalue weighted by Crippen LogP contribution is -2.26. The molecule has 2 aromatic carbocycles. The molecular formula is C24H24ClN3O2. The molecule has 0 amide bonds. The Bertz CT molecular complexity index is 1120. The van der Waals surface area contributed by atoms with Crippen LogP contribution in [0.1, 0.15) is 35.1 Å². The Morgan fingerprint density at radius 1 is 1.17 bits per heavy atom. The van der Waals surface area contributed by atoms with Gasteiger partial charge in [0.2, 0.25) is 0 Å². The molecule has 0 unspecified atom stereocenters. The molecule has 0 saturated heterocycles. The van der Waals surface area contributed by atoms with E-state index in [1.807, 2.05) is 6.07 Å². The Hall–Kier alpha value is -2.63. The minimum Gasteiger partial charge on any atom is -0.490 e. The van der Waals surface area contributed by atoms with E-state index in [9.17, 15) is 4.79 Å². The number of aryl methyl sites for hydroxylation is 1. The van der Waals surface area contributed by atoms with Crippen molar-refractivity contribution in [3.05, 3.63) is 80.5 Å². The van der Waals surface area contributed by atoms with E-state index in [0.29, 0.717) is 18.2 Å². The van der Waals surface area contributed by atoms with Crippen molar-refractivity contribution in [1.29, 1.82) is 0 Å². The molecule has 0 fully saturated rings. The van der Waals surface area contributed by atoms with Crippen molar-refractivity contribution < 1.29 is 4.74 Å². The molecule has 5 nitrogen and oxygen atoms in total. The molecule has 1 aliphatic carbocycles. The van der Waals surface area contributed by atoms with Gasteiger partial charge >= 0.3 is 5.69 Å². The van der Waals surface area contributed by atoms with E-state index >= 15 is 0 Å². The third-order valence-corrected chi connectivity index (χ3v) is 6.29. The number of aromatic amines is 1. The monoisotopic (exact) mass is 421 g/mol. The number of hydrogen-bond acceptors (Lipinski definition) is 4. The second-order valence-electron chi connectivity index (χ2n) is 8.08. The van der Waals surface area contributed by atoms with Gasteiger partial charge in [-0.15, -0.1) is 0 Å². The molecule has 1 aliphatic heterocycles. The summed E-state index contributed by atoms with van der Waals surface area (Å²) in [5.74, 6) is 0.785. The van der Waals surface area contributed by atoms with E-state index < -0.39 is 0 Å². The lowest BCUT2D eigenvalue weighted by Gasteiger charge is -2.21. The van der Waals surface area contributed by atoms with E-state index in [1.165, 1.54) is 29.5 Å². The van der Waals surface area contributed by atoms with Gasteiger partial charge in [-0.25, -0.2) is 9.78 Å². The normalized spacial score (nSPS) is 16.3.